The van der Waals surface area contributed by atoms with E-state index in [2.05, 4.69) is 21.2 Å². The summed E-state index contributed by atoms with van der Waals surface area (Å²) in [6.07, 6.45) is 1.03. The van der Waals surface area contributed by atoms with Gasteiger partial charge in [0.2, 0.25) is 5.91 Å². The maximum atomic E-state index is 10.8. The SMILES string of the molecule is O=C(O)CCCNC(=O)CCBr. The number of alkyl halides is 1. The van der Waals surface area contributed by atoms with Crippen LogP contribution in [0.25, 0.3) is 0 Å². The molecule has 1 amide bonds. The van der Waals surface area contributed by atoms with Crippen LogP contribution in [0.2, 0.25) is 0 Å². The third-order valence-electron chi connectivity index (χ3n) is 1.21. The molecule has 0 aromatic heterocycles. The number of carbonyl (C=O) groups excluding carboxylic acids is 1. The molecule has 70 valence electrons. The van der Waals surface area contributed by atoms with E-state index in [9.17, 15) is 9.59 Å². The van der Waals surface area contributed by atoms with Crippen LogP contribution in [0.15, 0.2) is 0 Å². The van der Waals surface area contributed by atoms with Crippen molar-refractivity contribution in [2.45, 2.75) is 19.3 Å². The van der Waals surface area contributed by atoms with Crippen molar-refractivity contribution in [3.8, 4) is 0 Å². The predicted octanol–water partition coefficient (Wildman–Crippen LogP) is 0.752. The zero-order valence-corrected chi connectivity index (χ0v) is 8.26. The molecule has 0 atom stereocenters. The Hall–Kier alpha value is -0.580. The Kier molecular flexibility index (Phi) is 6.75. The summed E-state index contributed by atoms with van der Waals surface area (Å²) in [5.74, 6) is -0.873. The normalized spacial score (nSPS) is 9.42. The van der Waals surface area contributed by atoms with Crippen molar-refractivity contribution in [3.05, 3.63) is 0 Å². The molecule has 0 heterocycles. The monoisotopic (exact) mass is 237 g/mol. The Balaban J connectivity index is 3.19. The van der Waals surface area contributed by atoms with Gasteiger partial charge in [0.1, 0.15) is 0 Å². The van der Waals surface area contributed by atoms with Crippen LogP contribution in [0.4, 0.5) is 0 Å². The molecule has 0 aliphatic rings. The maximum Gasteiger partial charge on any atom is 0.303 e. The fourth-order valence-corrected chi connectivity index (χ4v) is 1.00. The molecular weight excluding hydrogens is 226 g/mol. The molecular formula is C7H12BrNO3. The van der Waals surface area contributed by atoms with Gasteiger partial charge in [-0.15, -0.1) is 0 Å². The molecule has 0 unspecified atom stereocenters. The first kappa shape index (κ1) is 11.4. The first-order chi connectivity index (χ1) is 5.66. The molecule has 0 saturated heterocycles. The standard InChI is InChI=1S/C7H12BrNO3/c8-4-3-6(10)9-5-1-2-7(11)12/h1-5H2,(H,9,10)(H,11,12). The molecule has 0 saturated carbocycles. The van der Waals surface area contributed by atoms with Crippen LogP contribution in [0.1, 0.15) is 19.3 Å². The highest BCUT2D eigenvalue weighted by atomic mass is 79.9. The molecule has 0 aromatic rings. The zero-order chi connectivity index (χ0) is 9.40. The van der Waals surface area contributed by atoms with Crippen LogP contribution in [0, 0.1) is 0 Å². The van der Waals surface area contributed by atoms with Gasteiger partial charge in [0, 0.05) is 24.7 Å². The van der Waals surface area contributed by atoms with Gasteiger partial charge in [-0.25, -0.2) is 0 Å². The van der Waals surface area contributed by atoms with Crippen LogP contribution in [0.5, 0.6) is 0 Å². The Bertz CT molecular complexity index is 161. The molecule has 12 heavy (non-hydrogen) atoms. The Morgan fingerprint density at radius 2 is 2.00 bits per heavy atom. The van der Waals surface area contributed by atoms with Crippen molar-refractivity contribution in [1.29, 1.82) is 0 Å². The summed E-state index contributed by atoms with van der Waals surface area (Å²) >= 11 is 3.13. The zero-order valence-electron chi connectivity index (χ0n) is 6.68. The number of amides is 1. The summed E-state index contributed by atoms with van der Waals surface area (Å²) in [4.78, 5) is 20.8. The van der Waals surface area contributed by atoms with E-state index < -0.39 is 5.97 Å². The highest BCUT2D eigenvalue weighted by molar-refractivity contribution is 9.09. The number of hydrogen-bond donors (Lipinski definition) is 2. The highest BCUT2D eigenvalue weighted by Crippen LogP contribution is 1.89. The predicted molar refractivity (Wildman–Crippen MR) is 48.3 cm³/mol. The van der Waals surface area contributed by atoms with Crippen molar-refractivity contribution < 1.29 is 14.7 Å². The van der Waals surface area contributed by atoms with Crippen molar-refractivity contribution in [3.63, 3.8) is 0 Å². The van der Waals surface area contributed by atoms with Gasteiger partial charge in [-0.05, 0) is 6.42 Å². The van der Waals surface area contributed by atoms with E-state index in [4.69, 9.17) is 5.11 Å². The van der Waals surface area contributed by atoms with E-state index in [1.165, 1.54) is 0 Å². The number of carbonyl (C=O) groups is 2. The van der Waals surface area contributed by atoms with Gasteiger partial charge in [0.05, 0.1) is 0 Å². The Morgan fingerprint density at radius 3 is 2.50 bits per heavy atom. The van der Waals surface area contributed by atoms with Gasteiger partial charge in [0.15, 0.2) is 0 Å². The molecule has 0 radical (unpaired) electrons. The average Bonchev–Trinajstić information content (AvgIpc) is 1.98. The van der Waals surface area contributed by atoms with E-state index in [0.717, 1.165) is 0 Å². The fraction of sp³-hybridized carbons (Fsp3) is 0.714. The van der Waals surface area contributed by atoms with E-state index >= 15 is 0 Å². The largest absolute Gasteiger partial charge is 0.481 e. The molecule has 2 N–H and O–H groups in total. The lowest BCUT2D eigenvalue weighted by molar-refractivity contribution is -0.137. The molecule has 0 aromatic carbocycles. The van der Waals surface area contributed by atoms with Gasteiger partial charge < -0.3 is 10.4 Å². The fourth-order valence-electron chi connectivity index (χ4n) is 0.642. The molecule has 0 spiro atoms. The third-order valence-corrected chi connectivity index (χ3v) is 1.61. The summed E-state index contributed by atoms with van der Waals surface area (Å²) in [7, 11) is 0. The molecule has 4 nitrogen and oxygen atoms in total. The first-order valence-corrected chi connectivity index (χ1v) is 4.83. The molecule has 5 heteroatoms. The van der Waals surface area contributed by atoms with E-state index in [0.29, 0.717) is 24.7 Å². The summed E-state index contributed by atoms with van der Waals surface area (Å²) in [5.41, 5.74) is 0. The number of nitrogens with one attached hydrogen (secondary N) is 1. The van der Waals surface area contributed by atoms with E-state index in [-0.39, 0.29) is 12.3 Å². The lowest BCUT2D eigenvalue weighted by Gasteiger charge is -2.01. The van der Waals surface area contributed by atoms with Crippen molar-refractivity contribution >= 4 is 27.8 Å². The van der Waals surface area contributed by atoms with Crippen LogP contribution in [0.3, 0.4) is 0 Å². The lowest BCUT2D eigenvalue weighted by Crippen LogP contribution is -2.24. The average molecular weight is 238 g/mol. The smallest absolute Gasteiger partial charge is 0.303 e. The molecule has 0 bridgehead atoms. The van der Waals surface area contributed by atoms with Crippen molar-refractivity contribution in [1.82, 2.24) is 5.32 Å². The topological polar surface area (TPSA) is 66.4 Å². The molecule has 0 fully saturated rings. The Morgan fingerprint density at radius 1 is 1.33 bits per heavy atom. The van der Waals surface area contributed by atoms with E-state index in [1.807, 2.05) is 0 Å². The number of rotatable bonds is 6. The van der Waals surface area contributed by atoms with Gasteiger partial charge in [-0.1, -0.05) is 15.9 Å². The van der Waals surface area contributed by atoms with Gasteiger partial charge >= 0.3 is 5.97 Å². The summed E-state index contributed by atoms with van der Waals surface area (Å²) in [6, 6.07) is 0. The van der Waals surface area contributed by atoms with Crippen molar-refractivity contribution in [2.75, 3.05) is 11.9 Å². The van der Waals surface area contributed by atoms with Gasteiger partial charge in [-0.2, -0.15) is 0 Å². The Labute approximate surface area is 79.5 Å². The van der Waals surface area contributed by atoms with Crippen LogP contribution in [-0.4, -0.2) is 28.9 Å². The summed E-state index contributed by atoms with van der Waals surface area (Å²) in [5, 5.41) is 11.5. The third kappa shape index (κ3) is 7.53. The van der Waals surface area contributed by atoms with Crippen LogP contribution < -0.4 is 5.32 Å². The molecule has 0 aliphatic carbocycles. The number of carboxylic acids is 1. The minimum Gasteiger partial charge on any atom is -0.481 e. The van der Waals surface area contributed by atoms with Crippen LogP contribution >= 0.6 is 15.9 Å². The van der Waals surface area contributed by atoms with Gasteiger partial charge in [0.25, 0.3) is 0 Å². The molecule has 0 aliphatic heterocycles. The van der Waals surface area contributed by atoms with Crippen molar-refractivity contribution in [2.24, 2.45) is 0 Å². The van der Waals surface area contributed by atoms with Crippen LogP contribution in [-0.2, 0) is 9.59 Å². The number of carboxylic acid groups (broad SMARTS) is 1. The summed E-state index contributed by atoms with van der Waals surface area (Å²) < 4.78 is 0. The quantitative estimate of drug-likeness (QED) is 0.530. The number of hydrogen-bond acceptors (Lipinski definition) is 2. The maximum absolute atomic E-state index is 10.8. The van der Waals surface area contributed by atoms with Gasteiger partial charge in [-0.3, -0.25) is 9.59 Å². The first-order valence-electron chi connectivity index (χ1n) is 3.71. The lowest BCUT2D eigenvalue weighted by atomic mass is 10.3. The number of aliphatic carboxylic acids is 1. The minimum atomic E-state index is -0.829. The highest BCUT2D eigenvalue weighted by Gasteiger charge is 1.99. The second kappa shape index (κ2) is 7.09. The minimum absolute atomic E-state index is 0.0442. The molecule has 0 rings (SSSR count). The second-order valence-corrected chi connectivity index (χ2v) is 3.08. The number of halogens is 1. The second-order valence-electron chi connectivity index (χ2n) is 2.29. The summed E-state index contributed by atoms with van der Waals surface area (Å²) in [6.45, 7) is 0.443. The van der Waals surface area contributed by atoms with E-state index in [1.54, 1.807) is 0 Å².